The molecule has 1 saturated heterocycles. The molecule has 0 unspecified atom stereocenters. The maximum absolute atomic E-state index is 13.3. The molecule has 1 N–H and O–H groups in total. The van der Waals surface area contributed by atoms with Crippen LogP contribution in [0.15, 0.2) is 59.4 Å². The van der Waals surface area contributed by atoms with Gasteiger partial charge in [-0.25, -0.2) is 0 Å². The Morgan fingerprint density at radius 3 is 2.34 bits per heavy atom. The summed E-state index contributed by atoms with van der Waals surface area (Å²) in [7, 11) is 0. The van der Waals surface area contributed by atoms with Gasteiger partial charge in [-0.15, -0.1) is 0 Å². The lowest BCUT2D eigenvalue weighted by molar-refractivity contribution is -0.137. The average Bonchev–Trinajstić information content (AvgIpc) is 2.63. The smallest absolute Gasteiger partial charge is 0.379 e. The summed E-state index contributed by atoms with van der Waals surface area (Å²) in [5.74, 6) is 0. The van der Waals surface area contributed by atoms with Gasteiger partial charge in [0.05, 0.1) is 17.1 Å². The van der Waals surface area contributed by atoms with Crippen molar-refractivity contribution < 1.29 is 13.2 Å². The number of para-hydroxylation sites is 1. The predicted octanol–water partition coefficient (Wildman–Crippen LogP) is 4.51. The van der Waals surface area contributed by atoms with Crippen LogP contribution in [0.2, 0.25) is 0 Å². The van der Waals surface area contributed by atoms with E-state index in [1.807, 2.05) is 0 Å². The highest BCUT2D eigenvalue weighted by Crippen LogP contribution is 2.34. The third kappa shape index (κ3) is 3.74. The maximum atomic E-state index is 13.3. The van der Waals surface area contributed by atoms with Gasteiger partial charge in [0.15, 0.2) is 0 Å². The number of hydrogen-bond acceptors (Lipinski definition) is 3. The molecule has 1 aromatic heterocycles. The number of benzene rings is 2. The zero-order chi connectivity index (χ0) is 20.8. The van der Waals surface area contributed by atoms with Crippen molar-refractivity contribution in [3.05, 3.63) is 70.5 Å². The number of fused-ring (bicyclic) bond motifs is 1. The molecule has 0 atom stereocenters. The van der Waals surface area contributed by atoms with E-state index in [2.05, 4.69) is 24.1 Å². The Kier molecular flexibility index (Phi) is 4.86. The number of nitrogens with zero attached hydrogens (tertiary/aromatic N) is 2. The number of anilines is 1. The van der Waals surface area contributed by atoms with E-state index in [4.69, 9.17) is 0 Å². The van der Waals surface area contributed by atoms with Crippen LogP contribution in [0.4, 0.5) is 18.9 Å². The Morgan fingerprint density at radius 1 is 1.03 bits per heavy atom. The van der Waals surface area contributed by atoms with Crippen molar-refractivity contribution in [1.29, 1.82) is 0 Å². The van der Waals surface area contributed by atoms with Gasteiger partial charge in [-0.2, -0.15) is 13.2 Å². The van der Waals surface area contributed by atoms with Gasteiger partial charge in [0.1, 0.15) is 0 Å². The monoisotopic (exact) mass is 401 g/mol. The Bertz CT molecular complexity index is 1080. The molecule has 2 heterocycles. The Morgan fingerprint density at radius 2 is 1.72 bits per heavy atom. The molecule has 29 heavy (non-hydrogen) atoms. The molecule has 1 aliphatic heterocycles. The summed E-state index contributed by atoms with van der Waals surface area (Å²) >= 11 is 0. The fraction of sp³-hybridized carbons (Fsp3) is 0.318. The quantitative estimate of drug-likeness (QED) is 0.699. The van der Waals surface area contributed by atoms with Crippen LogP contribution >= 0.6 is 0 Å². The molecular formula is C22H22F3N3O. The minimum atomic E-state index is -4.49. The summed E-state index contributed by atoms with van der Waals surface area (Å²) in [5, 5.41) is 3.94. The molecule has 3 aromatic rings. The molecule has 152 valence electrons. The van der Waals surface area contributed by atoms with Gasteiger partial charge in [-0.1, -0.05) is 24.3 Å². The van der Waals surface area contributed by atoms with Crippen molar-refractivity contribution in [3.8, 4) is 5.69 Å². The highest BCUT2D eigenvalue weighted by molar-refractivity contribution is 5.93. The van der Waals surface area contributed by atoms with Crippen LogP contribution in [0, 0.1) is 0 Å². The fourth-order valence-electron chi connectivity index (χ4n) is 3.71. The minimum absolute atomic E-state index is 0.162. The van der Waals surface area contributed by atoms with Crippen molar-refractivity contribution in [2.75, 3.05) is 18.4 Å². The van der Waals surface area contributed by atoms with E-state index in [1.165, 1.54) is 16.7 Å². The molecule has 4 rings (SSSR count). The highest BCUT2D eigenvalue weighted by Gasteiger charge is 2.32. The zero-order valence-electron chi connectivity index (χ0n) is 16.2. The van der Waals surface area contributed by atoms with Crippen LogP contribution < -0.4 is 10.9 Å². The van der Waals surface area contributed by atoms with Crippen LogP contribution in [0.25, 0.3) is 16.6 Å². The third-order valence-electron chi connectivity index (χ3n) is 5.36. The summed E-state index contributed by atoms with van der Waals surface area (Å²) in [5.41, 5.74) is 0.190. The van der Waals surface area contributed by atoms with Crippen molar-refractivity contribution in [2.24, 2.45) is 0 Å². The lowest BCUT2D eigenvalue weighted by Gasteiger charge is -2.42. The number of alkyl halides is 3. The number of aromatic nitrogens is 1. The topological polar surface area (TPSA) is 37.3 Å². The van der Waals surface area contributed by atoms with Crippen molar-refractivity contribution in [1.82, 2.24) is 9.47 Å². The van der Waals surface area contributed by atoms with E-state index >= 15 is 0 Å². The van der Waals surface area contributed by atoms with E-state index in [0.717, 1.165) is 25.2 Å². The number of halogens is 3. The largest absolute Gasteiger partial charge is 0.416 e. The highest BCUT2D eigenvalue weighted by atomic mass is 19.4. The normalized spacial score (nSPS) is 15.7. The predicted molar refractivity (Wildman–Crippen MR) is 109 cm³/mol. The maximum Gasteiger partial charge on any atom is 0.416 e. The van der Waals surface area contributed by atoms with Crippen LogP contribution in [0.5, 0.6) is 0 Å². The SMILES string of the molecule is CC(C)N1CC(Nc2cc(=O)n(-c3ccccc3)c3cc(C(F)(F)F)ccc23)C1. The summed E-state index contributed by atoms with van der Waals surface area (Å²) in [4.78, 5) is 15.2. The Hall–Kier alpha value is -2.80. The van der Waals surface area contributed by atoms with Crippen molar-refractivity contribution >= 4 is 16.6 Å². The average molecular weight is 401 g/mol. The minimum Gasteiger partial charge on any atom is -0.379 e. The molecule has 1 fully saturated rings. The van der Waals surface area contributed by atoms with Crippen LogP contribution in [0.1, 0.15) is 19.4 Å². The second-order valence-electron chi connectivity index (χ2n) is 7.69. The van der Waals surface area contributed by atoms with Gasteiger partial charge >= 0.3 is 6.18 Å². The zero-order valence-corrected chi connectivity index (χ0v) is 16.2. The molecule has 2 aromatic carbocycles. The fourth-order valence-corrected chi connectivity index (χ4v) is 3.71. The molecule has 0 amide bonds. The second kappa shape index (κ2) is 7.22. The lowest BCUT2D eigenvalue weighted by atomic mass is 10.0. The number of hydrogen-bond donors (Lipinski definition) is 1. The van der Waals surface area contributed by atoms with Crippen LogP contribution in [-0.4, -0.2) is 34.6 Å². The van der Waals surface area contributed by atoms with Gasteiger partial charge < -0.3 is 5.32 Å². The first kappa shape index (κ1) is 19.5. The van der Waals surface area contributed by atoms with Gasteiger partial charge in [0.2, 0.25) is 0 Å². The standard InChI is InChI=1S/C22H22F3N3O/c1-14(2)27-12-16(13-27)26-19-11-21(29)28(17-6-4-3-5-7-17)20-10-15(22(23,24)25)8-9-18(19)20/h3-11,14,16,26H,12-13H2,1-2H3. The summed E-state index contributed by atoms with van der Waals surface area (Å²) < 4.78 is 41.3. The molecule has 0 bridgehead atoms. The first-order chi connectivity index (χ1) is 13.7. The van der Waals surface area contributed by atoms with Gasteiger partial charge in [0, 0.05) is 42.0 Å². The lowest BCUT2D eigenvalue weighted by Crippen LogP contribution is -2.57. The summed E-state index contributed by atoms with van der Waals surface area (Å²) in [6.07, 6.45) is -4.49. The Balaban J connectivity index is 1.83. The molecular weight excluding hydrogens is 379 g/mol. The van der Waals surface area contributed by atoms with Crippen molar-refractivity contribution in [2.45, 2.75) is 32.1 Å². The van der Waals surface area contributed by atoms with Gasteiger partial charge in [0.25, 0.3) is 5.56 Å². The van der Waals surface area contributed by atoms with E-state index in [0.29, 0.717) is 22.8 Å². The molecule has 0 radical (unpaired) electrons. The van der Waals surface area contributed by atoms with Gasteiger partial charge in [-0.05, 0) is 38.1 Å². The molecule has 0 aliphatic carbocycles. The first-order valence-electron chi connectivity index (χ1n) is 9.57. The number of likely N-dealkylation sites (tertiary alicyclic amines) is 1. The van der Waals surface area contributed by atoms with Gasteiger partial charge in [-0.3, -0.25) is 14.3 Å². The molecule has 0 saturated carbocycles. The Labute approximate surface area is 166 Å². The molecule has 1 aliphatic rings. The second-order valence-corrected chi connectivity index (χ2v) is 7.69. The van der Waals surface area contributed by atoms with E-state index in [9.17, 15) is 18.0 Å². The third-order valence-corrected chi connectivity index (χ3v) is 5.36. The number of rotatable bonds is 4. The summed E-state index contributed by atoms with van der Waals surface area (Å²) in [6, 6.07) is 14.3. The molecule has 7 heteroatoms. The number of pyridine rings is 1. The van der Waals surface area contributed by atoms with E-state index in [-0.39, 0.29) is 17.1 Å². The van der Waals surface area contributed by atoms with E-state index < -0.39 is 11.7 Å². The molecule has 4 nitrogen and oxygen atoms in total. The summed E-state index contributed by atoms with van der Waals surface area (Å²) in [6.45, 7) is 5.90. The van der Waals surface area contributed by atoms with Crippen LogP contribution in [0.3, 0.4) is 0 Å². The first-order valence-corrected chi connectivity index (χ1v) is 9.57. The van der Waals surface area contributed by atoms with E-state index in [1.54, 1.807) is 30.3 Å². The van der Waals surface area contributed by atoms with Crippen LogP contribution in [-0.2, 0) is 6.18 Å². The number of nitrogens with one attached hydrogen (secondary N) is 1. The molecule has 0 spiro atoms. The van der Waals surface area contributed by atoms with Crippen molar-refractivity contribution in [3.63, 3.8) is 0 Å².